The Balaban J connectivity index is 1.27. The summed E-state index contributed by atoms with van der Waals surface area (Å²) in [6.45, 7) is 3.46. The quantitative estimate of drug-likeness (QED) is 0.562. The number of ether oxygens (including phenoxy) is 1. The number of piperazine rings is 1. The number of nitrogens with one attached hydrogen (secondary N) is 1. The molecule has 2 aliphatic heterocycles. The highest BCUT2D eigenvalue weighted by atomic mass is 16.5. The summed E-state index contributed by atoms with van der Waals surface area (Å²) in [5.74, 6) is 0.652. The number of methoxy groups -OCH3 is 1. The predicted molar refractivity (Wildman–Crippen MR) is 129 cm³/mol. The first-order chi connectivity index (χ1) is 16.9. The Morgan fingerprint density at radius 3 is 2.43 bits per heavy atom. The maximum absolute atomic E-state index is 13.4. The average molecular weight is 475 g/mol. The Bertz CT molecular complexity index is 1290. The van der Waals surface area contributed by atoms with Gasteiger partial charge in [0.05, 0.1) is 7.11 Å². The Labute approximate surface area is 202 Å². The van der Waals surface area contributed by atoms with Crippen LogP contribution in [0.2, 0.25) is 0 Å². The molecule has 0 radical (unpaired) electrons. The number of hydrogen-bond donors (Lipinski definition) is 1. The molecule has 2 aromatic carbocycles. The van der Waals surface area contributed by atoms with E-state index in [1.165, 1.54) is 0 Å². The second-order valence-electron chi connectivity index (χ2n) is 8.79. The van der Waals surface area contributed by atoms with Gasteiger partial charge in [-0.2, -0.15) is 0 Å². The van der Waals surface area contributed by atoms with E-state index in [2.05, 4.69) is 15.3 Å². The summed E-state index contributed by atoms with van der Waals surface area (Å²) in [5, 5.41) is 4.66. The number of anilines is 1. The van der Waals surface area contributed by atoms with Gasteiger partial charge in [-0.15, -0.1) is 0 Å². The van der Waals surface area contributed by atoms with Gasteiger partial charge in [-0.3, -0.25) is 14.5 Å². The van der Waals surface area contributed by atoms with E-state index in [9.17, 15) is 14.4 Å². The number of benzene rings is 2. The molecule has 35 heavy (non-hydrogen) atoms. The fourth-order valence-electron chi connectivity index (χ4n) is 4.54. The molecule has 2 aliphatic rings. The first-order valence-corrected chi connectivity index (χ1v) is 11.4. The molecule has 2 saturated heterocycles. The number of imide groups is 1. The number of hydrogen-bond acceptors (Lipinski definition) is 7. The molecule has 4 amide bonds. The highest BCUT2D eigenvalue weighted by molar-refractivity contribution is 6.09. The van der Waals surface area contributed by atoms with Crippen LogP contribution < -0.4 is 15.0 Å². The number of urea groups is 1. The van der Waals surface area contributed by atoms with Crippen LogP contribution >= 0.6 is 0 Å². The zero-order valence-corrected chi connectivity index (χ0v) is 19.6. The Kier molecular flexibility index (Phi) is 5.72. The van der Waals surface area contributed by atoms with Crippen molar-refractivity contribution < 1.29 is 19.1 Å². The van der Waals surface area contributed by atoms with E-state index >= 15 is 0 Å². The zero-order valence-electron chi connectivity index (χ0n) is 19.6. The Morgan fingerprint density at radius 2 is 1.71 bits per heavy atom. The van der Waals surface area contributed by atoms with Crippen LogP contribution in [-0.4, -0.2) is 77.4 Å². The molecule has 3 heterocycles. The molecule has 0 spiro atoms. The molecule has 180 valence electrons. The summed E-state index contributed by atoms with van der Waals surface area (Å²) in [5.41, 5.74) is -0.602. The molecule has 0 bridgehead atoms. The summed E-state index contributed by atoms with van der Waals surface area (Å²) in [7, 11) is 1.61. The van der Waals surface area contributed by atoms with Gasteiger partial charge in [0.2, 0.25) is 11.9 Å². The van der Waals surface area contributed by atoms with E-state index < -0.39 is 17.5 Å². The van der Waals surface area contributed by atoms with Crippen LogP contribution in [0.5, 0.6) is 5.75 Å². The molecule has 0 unspecified atom stereocenters. The summed E-state index contributed by atoms with van der Waals surface area (Å²) >= 11 is 0. The van der Waals surface area contributed by atoms with Crippen molar-refractivity contribution in [3.63, 3.8) is 0 Å². The van der Waals surface area contributed by atoms with Crippen molar-refractivity contribution >= 4 is 34.6 Å². The van der Waals surface area contributed by atoms with Crippen LogP contribution in [-0.2, 0) is 15.1 Å². The second-order valence-corrected chi connectivity index (χ2v) is 8.79. The van der Waals surface area contributed by atoms with Crippen molar-refractivity contribution in [3.8, 4) is 5.75 Å². The number of amides is 4. The molecule has 1 N–H and O–H groups in total. The largest absolute Gasteiger partial charge is 0.497 e. The van der Waals surface area contributed by atoms with Gasteiger partial charge >= 0.3 is 6.03 Å². The molecule has 3 aromatic rings. The number of carbonyl (C=O) groups is 3. The molecular formula is C25H26N6O4. The van der Waals surface area contributed by atoms with Crippen molar-refractivity contribution in [3.05, 3.63) is 60.4 Å². The van der Waals surface area contributed by atoms with Gasteiger partial charge in [-0.25, -0.2) is 14.8 Å². The summed E-state index contributed by atoms with van der Waals surface area (Å²) in [4.78, 5) is 52.2. The number of nitrogens with zero attached hydrogens (tertiary/aromatic N) is 5. The van der Waals surface area contributed by atoms with Gasteiger partial charge < -0.3 is 19.9 Å². The van der Waals surface area contributed by atoms with Crippen LogP contribution in [0.1, 0.15) is 12.5 Å². The lowest BCUT2D eigenvalue weighted by atomic mass is 9.90. The van der Waals surface area contributed by atoms with E-state index in [-0.39, 0.29) is 12.5 Å². The minimum absolute atomic E-state index is 0.267. The Hall–Kier alpha value is -4.21. The van der Waals surface area contributed by atoms with Crippen LogP contribution in [0.15, 0.2) is 54.9 Å². The number of fused-ring (bicyclic) bond motifs is 1. The SMILES string of the molecule is COc1ccc2cc([C@@]3(C)NC(=O)N(CC(=O)N4CCN(c5ncccn5)CC4)C3=O)ccc2c1. The minimum Gasteiger partial charge on any atom is -0.497 e. The molecule has 0 saturated carbocycles. The number of aromatic nitrogens is 2. The maximum atomic E-state index is 13.4. The molecule has 1 atom stereocenters. The van der Waals surface area contributed by atoms with E-state index in [1.54, 1.807) is 37.4 Å². The fourth-order valence-corrected chi connectivity index (χ4v) is 4.54. The smallest absolute Gasteiger partial charge is 0.325 e. The number of rotatable bonds is 5. The van der Waals surface area contributed by atoms with E-state index in [1.807, 2.05) is 41.3 Å². The molecule has 0 aliphatic carbocycles. The normalized spacial score (nSPS) is 20.3. The molecule has 5 rings (SSSR count). The van der Waals surface area contributed by atoms with Gasteiger partial charge in [-0.05, 0) is 47.5 Å². The van der Waals surface area contributed by atoms with Crippen molar-refractivity contribution in [1.82, 2.24) is 25.1 Å². The maximum Gasteiger partial charge on any atom is 0.325 e. The van der Waals surface area contributed by atoms with Crippen LogP contribution in [0.4, 0.5) is 10.7 Å². The first-order valence-electron chi connectivity index (χ1n) is 11.4. The summed E-state index contributed by atoms with van der Waals surface area (Å²) in [6.07, 6.45) is 3.36. The summed E-state index contributed by atoms with van der Waals surface area (Å²) < 4.78 is 5.27. The lowest BCUT2D eigenvalue weighted by Crippen LogP contribution is -2.52. The predicted octanol–water partition coefficient (Wildman–Crippen LogP) is 1.75. The molecule has 2 fully saturated rings. The van der Waals surface area contributed by atoms with Gasteiger partial charge in [-0.1, -0.05) is 18.2 Å². The third kappa shape index (κ3) is 4.11. The topological polar surface area (TPSA) is 108 Å². The Morgan fingerprint density at radius 1 is 1.03 bits per heavy atom. The minimum atomic E-state index is -1.26. The highest BCUT2D eigenvalue weighted by Crippen LogP contribution is 2.32. The molecule has 10 heteroatoms. The third-order valence-electron chi connectivity index (χ3n) is 6.66. The van der Waals surface area contributed by atoms with Gasteiger partial charge in [0.25, 0.3) is 5.91 Å². The highest BCUT2D eigenvalue weighted by Gasteiger charge is 2.49. The number of carbonyl (C=O) groups excluding carboxylic acids is 3. The van der Waals surface area contributed by atoms with E-state index in [0.717, 1.165) is 21.4 Å². The average Bonchev–Trinajstić information content (AvgIpc) is 3.12. The third-order valence-corrected chi connectivity index (χ3v) is 6.66. The second kappa shape index (κ2) is 8.86. The van der Waals surface area contributed by atoms with Crippen LogP contribution in [0.3, 0.4) is 0 Å². The fraction of sp³-hybridized carbons (Fsp3) is 0.320. The van der Waals surface area contributed by atoms with Crippen molar-refractivity contribution in [2.75, 3.05) is 44.7 Å². The standard InChI is InChI=1S/C25H26N6O4/c1-25(19-6-4-18-15-20(35-2)7-5-17(18)14-19)22(33)31(24(34)28-25)16-21(32)29-10-12-30(13-11-29)23-26-8-3-9-27-23/h3-9,14-15H,10-13,16H2,1-2H3,(H,28,34)/t25-/m1/s1. The van der Waals surface area contributed by atoms with Gasteiger partial charge in [0.15, 0.2) is 0 Å². The van der Waals surface area contributed by atoms with Gasteiger partial charge in [0, 0.05) is 38.6 Å². The van der Waals surface area contributed by atoms with E-state index in [4.69, 9.17) is 4.74 Å². The van der Waals surface area contributed by atoms with Crippen LogP contribution in [0, 0.1) is 0 Å². The lowest BCUT2D eigenvalue weighted by Gasteiger charge is -2.35. The van der Waals surface area contributed by atoms with Crippen molar-refractivity contribution in [2.45, 2.75) is 12.5 Å². The van der Waals surface area contributed by atoms with Crippen molar-refractivity contribution in [2.24, 2.45) is 0 Å². The van der Waals surface area contributed by atoms with E-state index in [0.29, 0.717) is 37.7 Å². The van der Waals surface area contributed by atoms with Crippen molar-refractivity contribution in [1.29, 1.82) is 0 Å². The molecule has 10 nitrogen and oxygen atoms in total. The van der Waals surface area contributed by atoms with Gasteiger partial charge in [0.1, 0.15) is 17.8 Å². The molecular weight excluding hydrogens is 448 g/mol. The monoisotopic (exact) mass is 474 g/mol. The summed E-state index contributed by atoms with van der Waals surface area (Å²) in [6, 6.07) is 12.4. The lowest BCUT2D eigenvalue weighted by molar-refractivity contribution is -0.139. The van der Waals surface area contributed by atoms with Crippen LogP contribution in [0.25, 0.3) is 10.8 Å². The first kappa shape index (κ1) is 22.6. The molecule has 1 aromatic heterocycles. The zero-order chi connectivity index (χ0) is 24.6.